The Labute approximate surface area is 239 Å². The number of ether oxygens (including phenoxy) is 4. The van der Waals surface area contributed by atoms with Crippen LogP contribution in [0.15, 0.2) is 18.2 Å². The predicted molar refractivity (Wildman–Crippen MR) is 151 cm³/mol. The summed E-state index contributed by atoms with van der Waals surface area (Å²) in [5, 5.41) is 20.9. The molecule has 1 aromatic carbocycles. The molecule has 0 aromatic heterocycles. The molecular weight excluding hydrogens is 510 g/mol. The molecule has 2 aliphatic carbocycles. The Balaban J connectivity index is 1.18. The molecule has 8 nitrogen and oxygen atoms in total. The van der Waals surface area contributed by atoms with Crippen molar-refractivity contribution >= 4 is 6.16 Å². The average molecular weight is 560 g/mol. The van der Waals surface area contributed by atoms with E-state index < -0.39 is 12.4 Å². The summed E-state index contributed by atoms with van der Waals surface area (Å²) in [6.07, 6.45) is 8.46. The van der Waals surface area contributed by atoms with Gasteiger partial charge in [0.05, 0.1) is 6.10 Å². The van der Waals surface area contributed by atoms with Crippen LogP contribution in [0.2, 0.25) is 0 Å². The Morgan fingerprint density at radius 2 is 1.95 bits per heavy atom. The molecule has 8 heteroatoms. The normalized spacial score (nSPS) is 32.1. The molecule has 1 saturated carbocycles. The second-order valence-electron chi connectivity index (χ2n) is 12.6. The van der Waals surface area contributed by atoms with Crippen molar-refractivity contribution in [3.05, 3.63) is 29.3 Å². The third kappa shape index (κ3) is 7.12. The van der Waals surface area contributed by atoms with E-state index in [2.05, 4.69) is 17.9 Å². The number of piperidine rings is 3. The fourth-order valence-corrected chi connectivity index (χ4v) is 7.76. The second-order valence-corrected chi connectivity index (χ2v) is 12.6. The minimum Gasteiger partial charge on any atom is -0.488 e. The van der Waals surface area contributed by atoms with Gasteiger partial charge >= 0.3 is 6.16 Å². The van der Waals surface area contributed by atoms with Gasteiger partial charge in [-0.05, 0) is 112 Å². The van der Waals surface area contributed by atoms with Gasteiger partial charge in [0.2, 0.25) is 0 Å². The van der Waals surface area contributed by atoms with Crippen molar-refractivity contribution < 1.29 is 34.0 Å². The van der Waals surface area contributed by atoms with Crippen LogP contribution in [0, 0.1) is 23.7 Å². The van der Waals surface area contributed by atoms with Crippen molar-refractivity contribution in [1.29, 1.82) is 0 Å². The molecule has 1 unspecified atom stereocenters. The van der Waals surface area contributed by atoms with Crippen LogP contribution in [-0.2, 0) is 27.1 Å². The fraction of sp³-hybridized carbons (Fsp3) is 0.781. The maximum atomic E-state index is 12.9. The van der Waals surface area contributed by atoms with Crippen molar-refractivity contribution in [2.24, 2.45) is 23.7 Å². The Morgan fingerprint density at radius 3 is 2.67 bits per heavy atom. The first-order valence-electron chi connectivity index (χ1n) is 15.7. The fourth-order valence-electron chi connectivity index (χ4n) is 7.76. The van der Waals surface area contributed by atoms with Gasteiger partial charge in [-0.3, -0.25) is 4.90 Å². The number of aliphatic hydroxyl groups is 2. The van der Waals surface area contributed by atoms with E-state index in [-0.39, 0.29) is 30.8 Å². The first kappa shape index (κ1) is 29.6. The highest BCUT2D eigenvalue weighted by atomic mass is 16.7. The number of aliphatic hydroxyl groups excluding tert-OH is 2. The molecule has 2 bridgehead atoms. The molecule has 6 rings (SSSR count). The summed E-state index contributed by atoms with van der Waals surface area (Å²) in [4.78, 5) is 15.2. The third-order valence-electron chi connectivity index (χ3n) is 10.1. The zero-order chi connectivity index (χ0) is 28.1. The number of benzene rings is 1. The summed E-state index contributed by atoms with van der Waals surface area (Å²) in [6, 6.07) is 6.12. The summed E-state index contributed by atoms with van der Waals surface area (Å²) in [5.74, 6) is 2.25. The molecule has 4 fully saturated rings. The quantitative estimate of drug-likeness (QED) is 0.204. The lowest BCUT2D eigenvalue weighted by Gasteiger charge is -2.43. The zero-order valence-electron chi connectivity index (χ0n) is 24.3. The van der Waals surface area contributed by atoms with E-state index in [0.29, 0.717) is 17.8 Å². The van der Waals surface area contributed by atoms with E-state index in [1.807, 2.05) is 12.1 Å². The lowest BCUT2D eigenvalue weighted by atomic mass is 9.73. The van der Waals surface area contributed by atoms with Gasteiger partial charge in [-0.15, -0.1) is 0 Å². The van der Waals surface area contributed by atoms with Gasteiger partial charge in [0.15, 0.2) is 6.29 Å². The monoisotopic (exact) mass is 559 g/mol. The van der Waals surface area contributed by atoms with Crippen LogP contribution in [0.1, 0.15) is 75.8 Å². The van der Waals surface area contributed by atoms with Gasteiger partial charge in [0.25, 0.3) is 0 Å². The van der Waals surface area contributed by atoms with Crippen LogP contribution in [0.25, 0.3) is 0 Å². The number of carbonyl (C=O) groups is 1. The smallest absolute Gasteiger partial charge is 0.488 e. The molecule has 40 heavy (non-hydrogen) atoms. The molecule has 3 saturated heterocycles. The van der Waals surface area contributed by atoms with Crippen molar-refractivity contribution in [3.8, 4) is 5.75 Å². The molecule has 3 aliphatic heterocycles. The number of unbranched alkanes of at least 4 members (excludes halogenated alkanes) is 2. The van der Waals surface area contributed by atoms with E-state index in [1.165, 1.54) is 18.2 Å². The Hall–Kier alpha value is -1.87. The van der Waals surface area contributed by atoms with Gasteiger partial charge in [-0.1, -0.05) is 31.9 Å². The molecular formula is C32H49NO7. The van der Waals surface area contributed by atoms with Crippen molar-refractivity contribution in [1.82, 2.24) is 4.90 Å². The maximum Gasteiger partial charge on any atom is 0.508 e. The van der Waals surface area contributed by atoms with Crippen molar-refractivity contribution in [2.75, 3.05) is 33.4 Å². The van der Waals surface area contributed by atoms with Gasteiger partial charge in [-0.2, -0.15) is 0 Å². The van der Waals surface area contributed by atoms with E-state index in [1.54, 1.807) is 0 Å². The van der Waals surface area contributed by atoms with Gasteiger partial charge < -0.3 is 29.2 Å². The summed E-state index contributed by atoms with van der Waals surface area (Å²) < 4.78 is 22.6. The number of methoxy groups -OCH3 is 1. The lowest BCUT2D eigenvalue weighted by molar-refractivity contribution is -0.0969. The van der Waals surface area contributed by atoms with Crippen LogP contribution >= 0.6 is 0 Å². The number of hydrogen-bond acceptors (Lipinski definition) is 8. The third-order valence-corrected chi connectivity index (χ3v) is 10.1. The number of rotatable bonds is 13. The molecule has 3 heterocycles. The molecule has 224 valence electrons. The molecule has 0 amide bonds. The number of nitrogens with zero attached hydrogens (tertiary/aromatic N) is 1. The van der Waals surface area contributed by atoms with Gasteiger partial charge in [0, 0.05) is 13.7 Å². The summed E-state index contributed by atoms with van der Waals surface area (Å²) >= 11 is 0. The highest BCUT2D eigenvalue weighted by Crippen LogP contribution is 2.48. The molecule has 0 radical (unpaired) electrons. The molecule has 7 atom stereocenters. The standard InChI is InChI=1S/C32H49NO7/c1-3-4-5-8-24(39-32(36)40-30-19-33-14-12-21(30)13-15-33)10-11-25-26-16-22-7-6-9-29(38-20-31(35)37-2)27(22)17-23(26)18-28(25)34/h6-7,9,21,23-26,28,30-31,34-35H,3-5,8,10-20H2,1-2H3/t23-,24+,25+,26-,28+,30+,31?/m0/s1. The molecule has 1 aromatic rings. The average Bonchev–Trinajstić information content (AvgIpc) is 3.27. The first-order valence-corrected chi connectivity index (χ1v) is 15.7. The largest absolute Gasteiger partial charge is 0.508 e. The number of carbonyl (C=O) groups excluding carboxylic acids is 1. The minimum absolute atomic E-state index is 0.0438. The van der Waals surface area contributed by atoms with Gasteiger partial charge in [-0.25, -0.2) is 4.79 Å². The summed E-state index contributed by atoms with van der Waals surface area (Å²) in [6.45, 7) is 5.33. The van der Waals surface area contributed by atoms with Crippen LogP contribution < -0.4 is 4.74 Å². The molecule has 2 N–H and O–H groups in total. The Kier molecular flexibility index (Phi) is 10.3. The maximum absolute atomic E-state index is 12.9. The van der Waals surface area contributed by atoms with Gasteiger partial charge in [0.1, 0.15) is 24.6 Å². The molecule has 0 spiro atoms. The highest BCUT2D eigenvalue weighted by Gasteiger charge is 2.45. The SMILES string of the molecule is CCCCC[C@H](CC[C@@H]1[C@H]2Cc3cccc(OCC(O)OC)c3C[C@H]2C[C@H]1O)OC(=O)O[C@@H]1CN2CCC1CC2. The van der Waals surface area contributed by atoms with Crippen LogP contribution in [-0.4, -0.2) is 79.2 Å². The van der Waals surface area contributed by atoms with E-state index >= 15 is 0 Å². The lowest BCUT2D eigenvalue weighted by Crippen LogP contribution is -2.52. The van der Waals surface area contributed by atoms with E-state index in [9.17, 15) is 15.0 Å². The number of fused-ring (bicyclic) bond motifs is 5. The Bertz CT molecular complexity index is 965. The van der Waals surface area contributed by atoms with E-state index in [4.69, 9.17) is 18.9 Å². The van der Waals surface area contributed by atoms with Crippen LogP contribution in [0.4, 0.5) is 4.79 Å². The van der Waals surface area contributed by atoms with E-state index in [0.717, 1.165) is 96.0 Å². The zero-order valence-corrected chi connectivity index (χ0v) is 24.3. The first-order chi connectivity index (χ1) is 19.4. The number of hydrogen-bond donors (Lipinski definition) is 2. The summed E-state index contributed by atoms with van der Waals surface area (Å²) in [7, 11) is 1.46. The van der Waals surface area contributed by atoms with Crippen molar-refractivity contribution in [3.63, 3.8) is 0 Å². The van der Waals surface area contributed by atoms with Crippen molar-refractivity contribution in [2.45, 2.75) is 102 Å². The highest BCUT2D eigenvalue weighted by molar-refractivity contribution is 5.60. The minimum atomic E-state index is -0.954. The molecule has 5 aliphatic rings. The summed E-state index contributed by atoms with van der Waals surface area (Å²) in [5.41, 5.74) is 2.46. The Morgan fingerprint density at radius 1 is 1.12 bits per heavy atom. The van der Waals surface area contributed by atoms with Crippen LogP contribution in [0.3, 0.4) is 0 Å². The second kappa shape index (κ2) is 13.9. The predicted octanol–water partition coefficient (Wildman–Crippen LogP) is 4.72. The van der Waals surface area contributed by atoms with Crippen LogP contribution in [0.5, 0.6) is 5.75 Å². The topological polar surface area (TPSA) is 97.7 Å².